The quantitative estimate of drug-likeness (QED) is 0.649. The minimum absolute atomic E-state index is 0.127. The molecule has 164 valence electrons. The van der Waals surface area contributed by atoms with Gasteiger partial charge in [0.05, 0.1) is 19.9 Å². The summed E-state index contributed by atoms with van der Waals surface area (Å²) in [5, 5.41) is 2.90. The Kier molecular flexibility index (Phi) is 6.84. The van der Waals surface area contributed by atoms with Crippen molar-refractivity contribution < 1.29 is 23.8 Å². The lowest BCUT2D eigenvalue weighted by atomic mass is 10.1. The average molecular weight is 424 g/mol. The van der Waals surface area contributed by atoms with Crippen LogP contribution in [0.4, 0.5) is 11.4 Å². The highest BCUT2D eigenvalue weighted by molar-refractivity contribution is 6.01. The number of rotatable bonds is 8. The fourth-order valence-electron chi connectivity index (χ4n) is 3.44. The van der Waals surface area contributed by atoms with Gasteiger partial charge < -0.3 is 24.4 Å². The van der Waals surface area contributed by atoms with Gasteiger partial charge in [0.25, 0.3) is 5.91 Å². The monoisotopic (exact) mass is 424 g/mol. The average Bonchev–Trinajstić information content (AvgIpc) is 2.75. The highest BCUT2D eigenvalue weighted by atomic mass is 16.5. The molecule has 31 heavy (non-hydrogen) atoms. The van der Waals surface area contributed by atoms with Crippen LogP contribution in [-0.4, -0.2) is 38.7 Å². The molecule has 7 heteroatoms. The third kappa shape index (κ3) is 5.17. The van der Waals surface area contributed by atoms with Crippen molar-refractivity contribution in [3.05, 3.63) is 54.1 Å². The fourth-order valence-corrected chi connectivity index (χ4v) is 3.44. The Morgan fingerprint density at radius 1 is 1.16 bits per heavy atom. The Morgan fingerprint density at radius 2 is 1.90 bits per heavy atom. The Labute approximate surface area is 182 Å². The van der Waals surface area contributed by atoms with Gasteiger partial charge in [-0.2, -0.15) is 0 Å². The summed E-state index contributed by atoms with van der Waals surface area (Å²) in [6.45, 7) is 7.90. The van der Waals surface area contributed by atoms with Crippen LogP contribution in [0.1, 0.15) is 25.8 Å². The molecule has 0 fully saturated rings. The van der Waals surface area contributed by atoms with E-state index in [1.165, 1.54) is 0 Å². The molecule has 1 aliphatic heterocycles. The second-order valence-corrected chi connectivity index (χ2v) is 7.56. The maximum absolute atomic E-state index is 12.6. The number of hydrogen-bond acceptors (Lipinski definition) is 5. The molecule has 0 bridgehead atoms. The number of nitrogens with one attached hydrogen (secondary N) is 1. The van der Waals surface area contributed by atoms with Crippen molar-refractivity contribution in [2.75, 3.05) is 31.0 Å². The zero-order chi connectivity index (χ0) is 22.5. The minimum Gasteiger partial charge on any atom is -0.493 e. The highest BCUT2D eigenvalue weighted by Crippen LogP contribution is 2.36. The standard InChI is InChI=1S/C24H28N2O5/c1-15(2)14-26-19-13-18(8-10-20(19)31-16(3)24(26)28)25-23(27)11-7-17-6-9-21(29-4)22(12-17)30-5/h6,8-10,12-13,16H,1,7,11,14H2,2-5H3,(H,25,27). The van der Waals surface area contributed by atoms with Crippen LogP contribution in [0.2, 0.25) is 0 Å². The topological polar surface area (TPSA) is 77.1 Å². The summed E-state index contributed by atoms with van der Waals surface area (Å²) in [5.41, 5.74) is 3.06. The van der Waals surface area contributed by atoms with Gasteiger partial charge in [-0.25, -0.2) is 0 Å². The van der Waals surface area contributed by atoms with E-state index < -0.39 is 6.10 Å². The molecule has 0 aliphatic carbocycles. The SMILES string of the molecule is C=C(C)CN1C(=O)C(C)Oc2ccc(NC(=O)CCc3ccc(OC)c(OC)c3)cc21. The van der Waals surface area contributed by atoms with Crippen LogP contribution in [0, 0.1) is 0 Å². The zero-order valence-electron chi connectivity index (χ0n) is 18.4. The molecule has 0 aromatic heterocycles. The molecule has 3 rings (SSSR count). The van der Waals surface area contributed by atoms with Crippen LogP contribution in [0.5, 0.6) is 17.2 Å². The van der Waals surface area contributed by atoms with Gasteiger partial charge in [0.15, 0.2) is 17.6 Å². The molecule has 1 unspecified atom stereocenters. The molecule has 0 radical (unpaired) electrons. The van der Waals surface area contributed by atoms with E-state index >= 15 is 0 Å². The first-order valence-corrected chi connectivity index (χ1v) is 10.1. The number of carbonyl (C=O) groups is 2. The number of methoxy groups -OCH3 is 2. The normalized spacial score (nSPS) is 15.0. The van der Waals surface area contributed by atoms with Crippen LogP contribution in [0.15, 0.2) is 48.6 Å². The lowest BCUT2D eigenvalue weighted by Gasteiger charge is -2.33. The Hall–Kier alpha value is -3.48. The number of aryl methyl sites for hydroxylation is 1. The predicted octanol–water partition coefficient (Wildman–Crippen LogP) is 3.97. The van der Waals surface area contributed by atoms with Gasteiger partial charge >= 0.3 is 0 Å². The van der Waals surface area contributed by atoms with Gasteiger partial charge in [-0.1, -0.05) is 18.2 Å². The van der Waals surface area contributed by atoms with E-state index in [-0.39, 0.29) is 11.8 Å². The van der Waals surface area contributed by atoms with E-state index in [0.29, 0.717) is 48.0 Å². The lowest BCUT2D eigenvalue weighted by molar-refractivity contribution is -0.125. The smallest absolute Gasteiger partial charge is 0.268 e. The minimum atomic E-state index is -0.561. The lowest BCUT2D eigenvalue weighted by Crippen LogP contribution is -2.45. The Balaban J connectivity index is 1.69. The molecular weight excluding hydrogens is 396 g/mol. The molecule has 0 spiro atoms. The van der Waals surface area contributed by atoms with Gasteiger partial charge in [-0.15, -0.1) is 0 Å². The van der Waals surface area contributed by atoms with Gasteiger partial charge in [0.2, 0.25) is 5.91 Å². The summed E-state index contributed by atoms with van der Waals surface area (Å²) in [6, 6.07) is 10.9. The van der Waals surface area contributed by atoms with Crippen LogP contribution in [-0.2, 0) is 16.0 Å². The number of carbonyl (C=O) groups excluding carboxylic acids is 2. The molecule has 2 amide bonds. The molecule has 0 saturated carbocycles. The van der Waals surface area contributed by atoms with Gasteiger partial charge in [0, 0.05) is 18.7 Å². The summed E-state index contributed by atoms with van der Waals surface area (Å²) >= 11 is 0. The zero-order valence-corrected chi connectivity index (χ0v) is 18.4. The molecule has 7 nitrogen and oxygen atoms in total. The maximum atomic E-state index is 12.6. The van der Waals surface area contributed by atoms with Crippen LogP contribution >= 0.6 is 0 Å². The predicted molar refractivity (Wildman–Crippen MR) is 120 cm³/mol. The first-order chi connectivity index (χ1) is 14.8. The van der Waals surface area contributed by atoms with Crippen LogP contribution < -0.4 is 24.4 Å². The number of amides is 2. The van der Waals surface area contributed by atoms with Crippen molar-refractivity contribution in [1.29, 1.82) is 0 Å². The number of anilines is 2. The Bertz CT molecular complexity index is 1000. The summed E-state index contributed by atoms with van der Waals surface area (Å²) < 4.78 is 16.3. The summed E-state index contributed by atoms with van der Waals surface area (Å²) in [5.74, 6) is 1.63. The van der Waals surface area contributed by atoms with Gasteiger partial charge in [-0.3, -0.25) is 9.59 Å². The molecule has 1 heterocycles. The molecule has 1 N–H and O–H groups in total. The molecule has 2 aromatic carbocycles. The van der Waals surface area contributed by atoms with Crippen LogP contribution in [0.25, 0.3) is 0 Å². The number of nitrogens with zero attached hydrogens (tertiary/aromatic N) is 1. The van der Waals surface area contributed by atoms with Crippen molar-refractivity contribution >= 4 is 23.2 Å². The first kappa shape index (κ1) is 22.2. The van der Waals surface area contributed by atoms with Gasteiger partial charge in [-0.05, 0) is 56.2 Å². The second kappa shape index (κ2) is 9.55. The molecule has 1 atom stereocenters. The van der Waals surface area contributed by atoms with E-state index in [1.54, 1.807) is 44.2 Å². The first-order valence-electron chi connectivity index (χ1n) is 10.1. The molecule has 1 aliphatic rings. The van der Waals surface area contributed by atoms with E-state index in [9.17, 15) is 9.59 Å². The van der Waals surface area contributed by atoms with Crippen molar-refractivity contribution in [2.45, 2.75) is 32.8 Å². The van der Waals surface area contributed by atoms with E-state index in [4.69, 9.17) is 14.2 Å². The number of ether oxygens (including phenoxy) is 3. The summed E-state index contributed by atoms with van der Waals surface area (Å²) in [4.78, 5) is 26.7. The van der Waals surface area contributed by atoms with E-state index in [1.807, 2.05) is 25.1 Å². The number of hydrogen-bond donors (Lipinski definition) is 1. The second-order valence-electron chi connectivity index (χ2n) is 7.56. The Morgan fingerprint density at radius 3 is 2.58 bits per heavy atom. The largest absolute Gasteiger partial charge is 0.493 e. The number of benzene rings is 2. The fraction of sp³-hybridized carbons (Fsp3) is 0.333. The van der Waals surface area contributed by atoms with Crippen molar-refractivity contribution in [3.8, 4) is 17.2 Å². The van der Waals surface area contributed by atoms with Gasteiger partial charge in [0.1, 0.15) is 5.75 Å². The highest BCUT2D eigenvalue weighted by Gasteiger charge is 2.31. The van der Waals surface area contributed by atoms with E-state index in [0.717, 1.165) is 11.1 Å². The van der Waals surface area contributed by atoms with E-state index in [2.05, 4.69) is 11.9 Å². The third-order valence-electron chi connectivity index (χ3n) is 4.97. The van der Waals surface area contributed by atoms with Crippen molar-refractivity contribution in [2.24, 2.45) is 0 Å². The summed E-state index contributed by atoms with van der Waals surface area (Å²) in [7, 11) is 3.16. The third-order valence-corrected chi connectivity index (χ3v) is 4.97. The maximum Gasteiger partial charge on any atom is 0.268 e. The van der Waals surface area contributed by atoms with Crippen molar-refractivity contribution in [3.63, 3.8) is 0 Å². The van der Waals surface area contributed by atoms with Crippen molar-refractivity contribution in [1.82, 2.24) is 0 Å². The summed E-state index contributed by atoms with van der Waals surface area (Å²) in [6.07, 6.45) is 0.292. The molecule has 0 saturated heterocycles. The molecule has 2 aromatic rings. The molecular formula is C24H28N2O5. The van der Waals surface area contributed by atoms with Crippen LogP contribution in [0.3, 0.4) is 0 Å². The number of fused-ring (bicyclic) bond motifs is 1.